The van der Waals surface area contributed by atoms with Crippen molar-refractivity contribution in [3.8, 4) is 0 Å². The second-order valence-corrected chi connectivity index (χ2v) is 5.17. The van der Waals surface area contributed by atoms with Gasteiger partial charge in [0.2, 0.25) is 11.8 Å². The summed E-state index contributed by atoms with van der Waals surface area (Å²) < 4.78 is 5.00. The molecular formula is C12H20N2O3. The average molecular weight is 240 g/mol. The van der Waals surface area contributed by atoms with E-state index in [1.807, 2.05) is 27.7 Å². The van der Waals surface area contributed by atoms with E-state index in [1.54, 1.807) is 6.07 Å². The van der Waals surface area contributed by atoms with Crippen molar-refractivity contribution in [2.75, 3.05) is 5.32 Å². The molecule has 17 heavy (non-hydrogen) atoms. The summed E-state index contributed by atoms with van der Waals surface area (Å²) in [5, 5.41) is 16.5. The fourth-order valence-corrected chi connectivity index (χ4v) is 1.80. The van der Waals surface area contributed by atoms with Crippen LogP contribution in [0, 0.1) is 5.92 Å². The normalized spacial score (nSPS) is 13.8. The van der Waals surface area contributed by atoms with Gasteiger partial charge in [-0.15, -0.1) is 0 Å². The number of hydrogen-bond acceptors (Lipinski definition) is 4. The maximum Gasteiger partial charge on any atom is 0.231 e. The maximum atomic E-state index is 10.9. The number of carbonyl (C=O) groups is 1. The van der Waals surface area contributed by atoms with Crippen molar-refractivity contribution >= 4 is 11.8 Å². The summed E-state index contributed by atoms with van der Waals surface area (Å²) >= 11 is 0. The van der Waals surface area contributed by atoms with E-state index in [4.69, 9.17) is 4.52 Å². The Morgan fingerprint density at radius 2 is 2.12 bits per heavy atom. The topological polar surface area (TPSA) is 75.4 Å². The molecule has 1 aromatic rings. The van der Waals surface area contributed by atoms with Gasteiger partial charge in [-0.3, -0.25) is 10.1 Å². The molecule has 96 valence electrons. The highest BCUT2D eigenvalue weighted by Crippen LogP contribution is 2.31. The monoisotopic (exact) mass is 240 g/mol. The van der Waals surface area contributed by atoms with Crippen LogP contribution in [0.3, 0.4) is 0 Å². The number of nitrogens with one attached hydrogen (secondary N) is 1. The molecule has 1 atom stereocenters. The van der Waals surface area contributed by atoms with Gasteiger partial charge in [-0.25, -0.2) is 0 Å². The van der Waals surface area contributed by atoms with E-state index in [9.17, 15) is 9.90 Å². The van der Waals surface area contributed by atoms with Gasteiger partial charge in [-0.2, -0.15) is 0 Å². The molecule has 0 bridgehead atoms. The van der Waals surface area contributed by atoms with Crippen LogP contribution in [0.4, 0.5) is 5.88 Å². The highest BCUT2D eigenvalue weighted by Gasteiger charge is 2.35. The van der Waals surface area contributed by atoms with Crippen LogP contribution in [0.25, 0.3) is 0 Å². The van der Waals surface area contributed by atoms with E-state index in [-0.39, 0.29) is 11.8 Å². The molecule has 0 aliphatic heterocycles. The van der Waals surface area contributed by atoms with Gasteiger partial charge in [0.25, 0.3) is 0 Å². The molecule has 0 fully saturated rings. The number of carbonyl (C=O) groups excluding carboxylic acids is 1. The van der Waals surface area contributed by atoms with Crippen molar-refractivity contribution in [1.29, 1.82) is 0 Å². The molecule has 0 saturated heterocycles. The summed E-state index contributed by atoms with van der Waals surface area (Å²) in [5.41, 5.74) is 0.108. The quantitative estimate of drug-likeness (QED) is 0.843. The molecule has 1 aromatic heterocycles. The van der Waals surface area contributed by atoms with Gasteiger partial charge in [-0.1, -0.05) is 32.9 Å². The van der Waals surface area contributed by atoms with E-state index in [0.29, 0.717) is 11.6 Å². The minimum atomic E-state index is -0.530. The number of rotatable bonds is 4. The Hall–Kier alpha value is -1.36. The molecule has 1 heterocycles. The minimum Gasteiger partial charge on any atom is -0.392 e. The standard InChI is InChI=1S/C12H20N2O3/c1-7(2)11(16)12(4,5)9-6-10(17-14-9)13-8(3)15/h6-7,11,16H,1-5H3,(H,13,15). The first-order valence-electron chi connectivity index (χ1n) is 5.68. The Labute approximate surface area is 101 Å². The minimum absolute atomic E-state index is 0.117. The van der Waals surface area contributed by atoms with Crippen molar-refractivity contribution in [3.63, 3.8) is 0 Å². The van der Waals surface area contributed by atoms with Gasteiger partial charge in [0, 0.05) is 18.4 Å². The first-order valence-corrected chi connectivity index (χ1v) is 5.68. The first-order chi connectivity index (χ1) is 7.75. The fraction of sp³-hybridized carbons (Fsp3) is 0.667. The third-order valence-corrected chi connectivity index (χ3v) is 2.84. The van der Waals surface area contributed by atoms with E-state index < -0.39 is 11.5 Å². The number of hydrogen-bond donors (Lipinski definition) is 2. The van der Waals surface area contributed by atoms with Crippen molar-refractivity contribution in [2.24, 2.45) is 5.92 Å². The third kappa shape index (κ3) is 3.06. The lowest BCUT2D eigenvalue weighted by molar-refractivity contribution is -0.114. The largest absolute Gasteiger partial charge is 0.392 e. The number of nitrogens with zero attached hydrogens (tertiary/aromatic N) is 1. The highest BCUT2D eigenvalue weighted by molar-refractivity contribution is 5.87. The summed E-state index contributed by atoms with van der Waals surface area (Å²) in [6.45, 7) is 9.08. The number of anilines is 1. The van der Waals surface area contributed by atoms with Gasteiger partial charge in [0.15, 0.2) is 0 Å². The van der Waals surface area contributed by atoms with Gasteiger partial charge in [0.1, 0.15) is 0 Å². The van der Waals surface area contributed by atoms with Gasteiger partial charge >= 0.3 is 0 Å². The number of aliphatic hydroxyl groups is 1. The van der Waals surface area contributed by atoms with E-state index in [2.05, 4.69) is 10.5 Å². The smallest absolute Gasteiger partial charge is 0.231 e. The van der Waals surface area contributed by atoms with Crippen LogP contribution in [-0.2, 0) is 10.2 Å². The fourth-order valence-electron chi connectivity index (χ4n) is 1.80. The molecule has 0 aliphatic carbocycles. The third-order valence-electron chi connectivity index (χ3n) is 2.84. The Morgan fingerprint density at radius 3 is 2.59 bits per heavy atom. The Balaban J connectivity index is 2.91. The summed E-state index contributed by atoms with van der Waals surface area (Å²) in [5.74, 6) is 0.206. The molecule has 0 aromatic carbocycles. The van der Waals surface area contributed by atoms with Crippen molar-refractivity contribution in [1.82, 2.24) is 5.16 Å². The molecule has 1 amide bonds. The summed E-state index contributed by atoms with van der Waals surface area (Å²) in [6, 6.07) is 1.65. The van der Waals surface area contributed by atoms with Crippen LogP contribution in [0.2, 0.25) is 0 Å². The van der Waals surface area contributed by atoms with Crippen LogP contribution in [0.1, 0.15) is 40.3 Å². The average Bonchev–Trinajstić information content (AvgIpc) is 2.64. The highest BCUT2D eigenvalue weighted by atomic mass is 16.5. The van der Waals surface area contributed by atoms with Crippen molar-refractivity contribution < 1.29 is 14.4 Å². The molecule has 0 spiro atoms. The molecular weight excluding hydrogens is 220 g/mol. The molecule has 5 nitrogen and oxygen atoms in total. The number of aromatic nitrogens is 1. The van der Waals surface area contributed by atoms with Crippen LogP contribution in [0.5, 0.6) is 0 Å². The summed E-state index contributed by atoms with van der Waals surface area (Å²) in [4.78, 5) is 10.9. The lowest BCUT2D eigenvalue weighted by Gasteiger charge is -2.30. The summed E-state index contributed by atoms with van der Waals surface area (Å²) in [6.07, 6.45) is -0.530. The van der Waals surface area contributed by atoms with E-state index in [0.717, 1.165) is 0 Å². The zero-order chi connectivity index (χ0) is 13.2. The van der Waals surface area contributed by atoms with Crippen LogP contribution in [0.15, 0.2) is 10.6 Å². The summed E-state index contributed by atoms with van der Waals surface area (Å²) in [7, 11) is 0. The number of aliphatic hydroxyl groups excluding tert-OH is 1. The van der Waals surface area contributed by atoms with Gasteiger partial charge in [-0.05, 0) is 5.92 Å². The molecule has 0 radical (unpaired) electrons. The first kappa shape index (κ1) is 13.7. The van der Waals surface area contributed by atoms with Crippen LogP contribution < -0.4 is 5.32 Å². The lowest BCUT2D eigenvalue weighted by atomic mass is 9.78. The van der Waals surface area contributed by atoms with Crippen molar-refractivity contribution in [3.05, 3.63) is 11.8 Å². The van der Waals surface area contributed by atoms with E-state index >= 15 is 0 Å². The molecule has 1 unspecified atom stereocenters. The van der Waals surface area contributed by atoms with Gasteiger partial charge < -0.3 is 9.63 Å². The van der Waals surface area contributed by atoms with Gasteiger partial charge in [0.05, 0.1) is 11.8 Å². The predicted molar refractivity (Wildman–Crippen MR) is 64.7 cm³/mol. The molecule has 5 heteroatoms. The molecule has 0 aliphatic rings. The van der Waals surface area contributed by atoms with Crippen molar-refractivity contribution in [2.45, 2.75) is 46.1 Å². The Bertz CT molecular complexity index is 396. The predicted octanol–water partition coefficient (Wildman–Crippen LogP) is 1.93. The van der Waals surface area contributed by atoms with E-state index in [1.165, 1.54) is 6.92 Å². The second kappa shape index (κ2) is 4.87. The molecule has 2 N–H and O–H groups in total. The molecule has 1 rings (SSSR count). The lowest BCUT2D eigenvalue weighted by Crippen LogP contribution is -2.37. The molecule has 0 saturated carbocycles. The Morgan fingerprint density at radius 1 is 1.53 bits per heavy atom. The zero-order valence-corrected chi connectivity index (χ0v) is 10.9. The van der Waals surface area contributed by atoms with Crippen LogP contribution >= 0.6 is 0 Å². The number of amides is 1. The Kier molecular flexibility index (Phi) is 3.93. The second-order valence-electron chi connectivity index (χ2n) is 5.17. The SMILES string of the molecule is CC(=O)Nc1cc(C(C)(C)C(O)C(C)C)no1. The maximum absolute atomic E-state index is 10.9. The zero-order valence-electron chi connectivity index (χ0n) is 10.9. The van der Waals surface area contributed by atoms with Crippen LogP contribution in [-0.4, -0.2) is 22.3 Å².